The Hall–Kier alpha value is -1.23. The lowest BCUT2D eigenvalue weighted by Crippen LogP contribution is -2.18. The third-order valence-electron chi connectivity index (χ3n) is 3.83. The molecule has 2 rings (SSSR count). The Bertz CT molecular complexity index is 439. The summed E-state index contributed by atoms with van der Waals surface area (Å²) in [7, 11) is 0. The van der Waals surface area contributed by atoms with Gasteiger partial charge in [0.05, 0.1) is 11.7 Å². The predicted octanol–water partition coefficient (Wildman–Crippen LogP) is 3.90. The van der Waals surface area contributed by atoms with Crippen molar-refractivity contribution in [3.8, 4) is 0 Å². The molecule has 1 unspecified atom stereocenters. The van der Waals surface area contributed by atoms with Gasteiger partial charge >= 0.3 is 6.18 Å². The van der Waals surface area contributed by atoms with Crippen LogP contribution >= 0.6 is 0 Å². The van der Waals surface area contributed by atoms with Crippen molar-refractivity contribution < 1.29 is 18.3 Å². The topological polar surface area (TPSA) is 46.2 Å². The molecule has 0 heterocycles. The van der Waals surface area contributed by atoms with Gasteiger partial charge in [-0.1, -0.05) is 19.3 Å². The maximum Gasteiger partial charge on any atom is 0.416 e. The van der Waals surface area contributed by atoms with E-state index in [1.54, 1.807) is 0 Å². The molecular formula is C14H18F3NO. The van der Waals surface area contributed by atoms with Gasteiger partial charge in [-0.05, 0) is 37.0 Å². The fourth-order valence-corrected chi connectivity index (χ4v) is 2.71. The summed E-state index contributed by atoms with van der Waals surface area (Å²) in [6.07, 6.45) is -0.465. The average Bonchev–Trinajstić information content (AvgIpc) is 2.38. The zero-order valence-corrected chi connectivity index (χ0v) is 10.6. The third kappa shape index (κ3) is 3.21. The number of aliphatic hydroxyl groups is 1. The van der Waals surface area contributed by atoms with E-state index in [1.165, 1.54) is 6.07 Å². The van der Waals surface area contributed by atoms with Crippen molar-refractivity contribution >= 4 is 5.69 Å². The molecule has 1 aliphatic carbocycles. The number of rotatable bonds is 2. The van der Waals surface area contributed by atoms with Gasteiger partial charge in [0, 0.05) is 11.3 Å². The molecule has 19 heavy (non-hydrogen) atoms. The average molecular weight is 273 g/mol. The van der Waals surface area contributed by atoms with Crippen LogP contribution in [-0.4, -0.2) is 5.11 Å². The van der Waals surface area contributed by atoms with Gasteiger partial charge in [-0.3, -0.25) is 0 Å². The van der Waals surface area contributed by atoms with Crippen LogP contribution in [0.15, 0.2) is 18.2 Å². The van der Waals surface area contributed by atoms with Crippen molar-refractivity contribution in [3.05, 3.63) is 29.3 Å². The normalized spacial score (nSPS) is 19.4. The van der Waals surface area contributed by atoms with Crippen LogP contribution in [0, 0.1) is 5.92 Å². The second kappa shape index (κ2) is 5.41. The first-order valence-electron chi connectivity index (χ1n) is 6.54. The van der Waals surface area contributed by atoms with Gasteiger partial charge in [0.25, 0.3) is 0 Å². The maximum atomic E-state index is 12.7. The molecule has 0 saturated heterocycles. The largest absolute Gasteiger partial charge is 0.416 e. The van der Waals surface area contributed by atoms with Crippen LogP contribution in [-0.2, 0) is 6.18 Å². The van der Waals surface area contributed by atoms with Gasteiger partial charge in [0.15, 0.2) is 0 Å². The van der Waals surface area contributed by atoms with Crippen molar-refractivity contribution in [2.45, 2.75) is 44.4 Å². The quantitative estimate of drug-likeness (QED) is 0.803. The summed E-state index contributed by atoms with van der Waals surface area (Å²) in [6, 6.07) is 3.16. The Balaban J connectivity index is 2.27. The van der Waals surface area contributed by atoms with E-state index < -0.39 is 17.8 Å². The lowest BCUT2D eigenvalue weighted by atomic mass is 9.82. The van der Waals surface area contributed by atoms with E-state index in [1.807, 2.05) is 0 Å². The molecule has 1 aliphatic rings. The van der Waals surface area contributed by atoms with Gasteiger partial charge in [-0.25, -0.2) is 0 Å². The highest BCUT2D eigenvalue weighted by molar-refractivity contribution is 5.50. The summed E-state index contributed by atoms with van der Waals surface area (Å²) in [5.74, 6) is 0.0135. The molecule has 0 aliphatic heterocycles. The zero-order chi connectivity index (χ0) is 14.0. The molecule has 3 N–H and O–H groups in total. The zero-order valence-electron chi connectivity index (χ0n) is 10.6. The number of hydrogen-bond acceptors (Lipinski definition) is 2. The molecule has 0 spiro atoms. The predicted molar refractivity (Wildman–Crippen MR) is 67.4 cm³/mol. The molecule has 0 amide bonds. The minimum Gasteiger partial charge on any atom is -0.398 e. The molecule has 1 atom stereocenters. The van der Waals surface area contributed by atoms with E-state index in [-0.39, 0.29) is 17.2 Å². The Morgan fingerprint density at radius 1 is 1.16 bits per heavy atom. The highest BCUT2D eigenvalue weighted by Gasteiger charge is 2.32. The number of nitrogen functional groups attached to an aromatic ring is 1. The van der Waals surface area contributed by atoms with Crippen LogP contribution in [0.2, 0.25) is 0 Å². The highest BCUT2D eigenvalue weighted by atomic mass is 19.4. The van der Waals surface area contributed by atoms with Crippen LogP contribution in [0.5, 0.6) is 0 Å². The Morgan fingerprint density at radius 2 is 1.79 bits per heavy atom. The molecule has 5 heteroatoms. The summed E-state index contributed by atoms with van der Waals surface area (Å²) in [5, 5.41) is 10.3. The summed E-state index contributed by atoms with van der Waals surface area (Å²) in [5.41, 5.74) is 5.39. The number of halogens is 3. The lowest BCUT2D eigenvalue weighted by molar-refractivity contribution is -0.137. The number of benzene rings is 1. The molecule has 0 radical (unpaired) electrons. The van der Waals surface area contributed by atoms with Crippen LogP contribution in [0.1, 0.15) is 49.3 Å². The Kier molecular flexibility index (Phi) is 4.04. The molecule has 0 bridgehead atoms. The number of aliphatic hydroxyl groups excluding tert-OH is 1. The van der Waals surface area contributed by atoms with Crippen molar-refractivity contribution in [3.63, 3.8) is 0 Å². The van der Waals surface area contributed by atoms with Crippen LogP contribution in [0.25, 0.3) is 0 Å². The summed E-state index contributed by atoms with van der Waals surface area (Å²) < 4.78 is 38.0. The minimum atomic E-state index is -4.41. The van der Waals surface area contributed by atoms with Gasteiger partial charge in [0.1, 0.15) is 0 Å². The maximum absolute atomic E-state index is 12.7. The van der Waals surface area contributed by atoms with Gasteiger partial charge in [-0.15, -0.1) is 0 Å². The number of hydrogen-bond donors (Lipinski definition) is 2. The van der Waals surface area contributed by atoms with Crippen LogP contribution < -0.4 is 5.73 Å². The van der Waals surface area contributed by atoms with Crippen molar-refractivity contribution in [2.24, 2.45) is 5.92 Å². The summed E-state index contributed by atoms with van der Waals surface area (Å²) in [6.45, 7) is 0. The molecule has 1 saturated carbocycles. The lowest BCUT2D eigenvalue weighted by Gasteiger charge is -2.28. The molecular weight excluding hydrogens is 255 g/mol. The molecule has 1 aromatic rings. The van der Waals surface area contributed by atoms with E-state index in [4.69, 9.17) is 5.73 Å². The fourth-order valence-electron chi connectivity index (χ4n) is 2.71. The first-order chi connectivity index (χ1) is 8.89. The van der Waals surface area contributed by atoms with E-state index in [9.17, 15) is 18.3 Å². The molecule has 1 fully saturated rings. The number of anilines is 1. The minimum absolute atomic E-state index is 0.0135. The first kappa shape index (κ1) is 14.2. The second-order valence-corrected chi connectivity index (χ2v) is 5.18. The van der Waals surface area contributed by atoms with Crippen molar-refractivity contribution in [1.82, 2.24) is 0 Å². The van der Waals surface area contributed by atoms with Gasteiger partial charge in [0.2, 0.25) is 0 Å². The number of alkyl halides is 3. The molecule has 106 valence electrons. The molecule has 0 aromatic heterocycles. The smallest absolute Gasteiger partial charge is 0.398 e. The van der Waals surface area contributed by atoms with E-state index in [0.29, 0.717) is 0 Å². The van der Waals surface area contributed by atoms with Crippen LogP contribution in [0.3, 0.4) is 0 Å². The number of nitrogens with two attached hydrogens (primary N) is 1. The third-order valence-corrected chi connectivity index (χ3v) is 3.83. The summed E-state index contributed by atoms with van der Waals surface area (Å²) in [4.78, 5) is 0. The second-order valence-electron chi connectivity index (χ2n) is 5.18. The Labute approximate surface area is 110 Å². The fraction of sp³-hybridized carbons (Fsp3) is 0.571. The molecule has 1 aromatic carbocycles. The SMILES string of the molecule is Nc1ccc(C(F)(F)F)cc1C(O)C1CCCCC1. The standard InChI is InChI=1S/C14H18F3NO/c15-14(16,17)10-6-7-12(18)11(8-10)13(19)9-4-2-1-3-5-9/h6-9,13,19H,1-5,18H2. The monoisotopic (exact) mass is 273 g/mol. The summed E-state index contributed by atoms with van der Waals surface area (Å²) >= 11 is 0. The van der Waals surface area contributed by atoms with Crippen molar-refractivity contribution in [1.29, 1.82) is 0 Å². The Morgan fingerprint density at radius 3 is 2.37 bits per heavy atom. The van der Waals surface area contributed by atoms with Crippen molar-refractivity contribution in [2.75, 3.05) is 5.73 Å². The molecule has 2 nitrogen and oxygen atoms in total. The first-order valence-corrected chi connectivity index (χ1v) is 6.54. The van der Waals surface area contributed by atoms with Gasteiger partial charge < -0.3 is 10.8 Å². The van der Waals surface area contributed by atoms with E-state index >= 15 is 0 Å². The highest BCUT2D eigenvalue weighted by Crippen LogP contribution is 2.39. The van der Waals surface area contributed by atoms with Gasteiger partial charge in [-0.2, -0.15) is 13.2 Å². The van der Waals surface area contributed by atoms with E-state index in [2.05, 4.69) is 0 Å². The van der Waals surface area contributed by atoms with Crippen LogP contribution in [0.4, 0.5) is 18.9 Å². The van der Waals surface area contributed by atoms with E-state index in [0.717, 1.165) is 44.2 Å².